The Morgan fingerprint density at radius 2 is 1.86 bits per heavy atom. The maximum atomic E-state index is 10.9. The van der Waals surface area contributed by atoms with Gasteiger partial charge in [-0.15, -0.1) is 0 Å². The predicted octanol–water partition coefficient (Wildman–Crippen LogP) is 1.62. The van der Waals surface area contributed by atoms with Crippen LogP contribution in [0.3, 0.4) is 0 Å². The predicted molar refractivity (Wildman–Crippen MR) is 60.0 cm³/mol. The summed E-state index contributed by atoms with van der Waals surface area (Å²) < 4.78 is 0. The Labute approximate surface area is 87.6 Å². The first-order chi connectivity index (χ1) is 6.30. The molecule has 1 aliphatic rings. The van der Waals surface area contributed by atoms with Crippen LogP contribution in [-0.2, 0) is 4.79 Å². The highest BCUT2D eigenvalue weighted by atomic mass is 16.1. The summed E-state index contributed by atoms with van der Waals surface area (Å²) in [5, 5.41) is 0. The van der Waals surface area contributed by atoms with Crippen molar-refractivity contribution in [1.29, 1.82) is 0 Å². The van der Waals surface area contributed by atoms with Crippen molar-refractivity contribution in [2.75, 3.05) is 13.6 Å². The van der Waals surface area contributed by atoms with E-state index in [1.165, 1.54) is 0 Å². The van der Waals surface area contributed by atoms with Gasteiger partial charge in [0.05, 0.1) is 5.54 Å². The van der Waals surface area contributed by atoms with Crippen LogP contribution in [0.1, 0.15) is 40.5 Å². The van der Waals surface area contributed by atoms with Gasteiger partial charge in [0.15, 0.2) is 0 Å². The minimum absolute atomic E-state index is 0.201. The van der Waals surface area contributed by atoms with E-state index < -0.39 is 0 Å². The number of hydrogen-bond donors (Lipinski definition) is 1. The van der Waals surface area contributed by atoms with Crippen LogP contribution < -0.4 is 5.73 Å². The van der Waals surface area contributed by atoms with Gasteiger partial charge >= 0.3 is 0 Å². The number of likely N-dealkylation sites (N-methyl/N-ethyl adjacent to an activating group) is 1. The van der Waals surface area contributed by atoms with E-state index in [9.17, 15) is 4.79 Å². The summed E-state index contributed by atoms with van der Waals surface area (Å²) in [5.74, 6) is 0.632. The van der Waals surface area contributed by atoms with Crippen LogP contribution in [0.5, 0.6) is 0 Å². The number of rotatable bonds is 1. The molecular weight excluding hydrogens is 176 g/mol. The number of primary amides is 1. The molecule has 1 aliphatic heterocycles. The standard InChI is InChI=1S/C7H14N2O.C4H10/c1-7(6(8)10)4-3-5-9(7)2;1-4(2)3/h3-5H2,1-2H3,(H2,8,10);4H,1-3H3/t7-;/m0./s1. The van der Waals surface area contributed by atoms with Gasteiger partial charge in [0, 0.05) is 0 Å². The fourth-order valence-corrected chi connectivity index (χ4v) is 1.41. The average Bonchev–Trinajstić information content (AvgIpc) is 2.32. The number of nitrogens with zero attached hydrogens (tertiary/aromatic N) is 1. The van der Waals surface area contributed by atoms with Gasteiger partial charge in [0.1, 0.15) is 0 Å². The van der Waals surface area contributed by atoms with E-state index in [2.05, 4.69) is 20.8 Å². The monoisotopic (exact) mass is 200 g/mol. The third kappa shape index (κ3) is 3.66. The molecule has 0 spiro atoms. The molecule has 1 atom stereocenters. The largest absolute Gasteiger partial charge is 0.368 e. The molecule has 0 radical (unpaired) electrons. The zero-order valence-electron chi connectivity index (χ0n) is 10.1. The topological polar surface area (TPSA) is 46.3 Å². The van der Waals surface area contributed by atoms with Crippen molar-refractivity contribution in [2.45, 2.75) is 46.1 Å². The lowest BCUT2D eigenvalue weighted by atomic mass is 9.99. The lowest BCUT2D eigenvalue weighted by Crippen LogP contribution is -2.49. The first kappa shape index (κ1) is 13.4. The number of nitrogens with two attached hydrogens (primary N) is 1. The Balaban J connectivity index is 0.000000364. The van der Waals surface area contributed by atoms with Crippen LogP contribution in [0.4, 0.5) is 0 Å². The SMILES string of the molecule is CC(C)C.CN1CCC[C@@]1(C)C(N)=O. The molecule has 0 aliphatic carbocycles. The van der Waals surface area contributed by atoms with Crippen LogP contribution in [0.25, 0.3) is 0 Å². The van der Waals surface area contributed by atoms with Crippen LogP contribution in [0.2, 0.25) is 0 Å². The fraction of sp³-hybridized carbons (Fsp3) is 0.909. The first-order valence-corrected chi connectivity index (χ1v) is 5.32. The van der Waals surface area contributed by atoms with Crippen molar-refractivity contribution < 1.29 is 4.79 Å². The molecule has 1 heterocycles. The van der Waals surface area contributed by atoms with Crippen molar-refractivity contribution in [2.24, 2.45) is 11.7 Å². The summed E-state index contributed by atoms with van der Waals surface area (Å²) in [7, 11) is 1.94. The van der Waals surface area contributed by atoms with Gasteiger partial charge in [-0.3, -0.25) is 9.69 Å². The van der Waals surface area contributed by atoms with Crippen LogP contribution >= 0.6 is 0 Å². The van der Waals surface area contributed by atoms with E-state index in [-0.39, 0.29) is 11.4 Å². The van der Waals surface area contributed by atoms with E-state index in [1.54, 1.807) is 0 Å². The molecule has 1 fully saturated rings. The fourth-order valence-electron chi connectivity index (χ4n) is 1.41. The van der Waals surface area contributed by atoms with E-state index in [0.29, 0.717) is 0 Å². The Bertz CT molecular complexity index is 189. The molecule has 1 rings (SSSR count). The molecule has 84 valence electrons. The van der Waals surface area contributed by atoms with E-state index in [1.807, 2.05) is 18.9 Å². The van der Waals surface area contributed by atoms with E-state index in [4.69, 9.17) is 5.73 Å². The van der Waals surface area contributed by atoms with Gasteiger partial charge in [-0.1, -0.05) is 20.8 Å². The highest BCUT2D eigenvalue weighted by Crippen LogP contribution is 2.26. The Morgan fingerprint density at radius 1 is 1.43 bits per heavy atom. The van der Waals surface area contributed by atoms with Gasteiger partial charge in [0.2, 0.25) is 5.91 Å². The summed E-state index contributed by atoms with van der Waals surface area (Å²) in [6.07, 6.45) is 1.98. The Kier molecular flexibility index (Phi) is 5.13. The summed E-state index contributed by atoms with van der Waals surface area (Å²) in [6.45, 7) is 9.39. The van der Waals surface area contributed by atoms with Gasteiger partial charge in [-0.25, -0.2) is 0 Å². The average molecular weight is 200 g/mol. The maximum absolute atomic E-state index is 10.9. The first-order valence-electron chi connectivity index (χ1n) is 5.32. The Morgan fingerprint density at radius 3 is 2.00 bits per heavy atom. The molecule has 3 nitrogen and oxygen atoms in total. The lowest BCUT2D eigenvalue weighted by Gasteiger charge is -2.28. The van der Waals surface area contributed by atoms with Gasteiger partial charge < -0.3 is 5.73 Å². The third-order valence-electron chi connectivity index (χ3n) is 2.53. The van der Waals surface area contributed by atoms with Crippen molar-refractivity contribution in [3.05, 3.63) is 0 Å². The summed E-state index contributed by atoms with van der Waals surface area (Å²) in [4.78, 5) is 12.9. The molecule has 0 aromatic carbocycles. The van der Waals surface area contributed by atoms with E-state index >= 15 is 0 Å². The maximum Gasteiger partial charge on any atom is 0.237 e. The molecule has 0 unspecified atom stereocenters. The second-order valence-corrected chi connectivity index (χ2v) is 4.90. The second kappa shape index (κ2) is 5.35. The Hall–Kier alpha value is -0.570. The minimum Gasteiger partial charge on any atom is -0.368 e. The zero-order chi connectivity index (χ0) is 11.4. The number of hydrogen-bond acceptors (Lipinski definition) is 2. The van der Waals surface area contributed by atoms with E-state index in [0.717, 1.165) is 25.3 Å². The van der Waals surface area contributed by atoms with Crippen molar-refractivity contribution in [3.8, 4) is 0 Å². The summed E-state index contributed by atoms with van der Waals surface area (Å²) >= 11 is 0. The van der Waals surface area contributed by atoms with Gasteiger partial charge in [-0.05, 0) is 39.3 Å². The highest BCUT2D eigenvalue weighted by Gasteiger charge is 2.38. The molecule has 0 bridgehead atoms. The van der Waals surface area contributed by atoms with Gasteiger partial charge in [-0.2, -0.15) is 0 Å². The number of carbonyl (C=O) groups is 1. The number of amides is 1. The third-order valence-corrected chi connectivity index (χ3v) is 2.53. The summed E-state index contributed by atoms with van der Waals surface area (Å²) in [5.41, 5.74) is 4.87. The molecule has 1 saturated heterocycles. The van der Waals surface area contributed by atoms with Crippen molar-refractivity contribution in [1.82, 2.24) is 4.90 Å². The molecule has 0 aromatic rings. The quantitative estimate of drug-likeness (QED) is 0.699. The molecular formula is C11H24N2O. The summed E-state index contributed by atoms with van der Waals surface area (Å²) in [6, 6.07) is 0. The van der Waals surface area contributed by atoms with Crippen LogP contribution in [-0.4, -0.2) is 29.9 Å². The lowest BCUT2D eigenvalue weighted by molar-refractivity contribution is -0.126. The minimum atomic E-state index is -0.375. The smallest absolute Gasteiger partial charge is 0.237 e. The molecule has 0 aromatic heterocycles. The second-order valence-electron chi connectivity index (χ2n) is 4.90. The zero-order valence-corrected chi connectivity index (χ0v) is 10.1. The number of likely N-dealkylation sites (tertiary alicyclic amines) is 1. The highest BCUT2D eigenvalue weighted by molar-refractivity contribution is 5.84. The van der Waals surface area contributed by atoms with Crippen LogP contribution in [0.15, 0.2) is 0 Å². The molecule has 14 heavy (non-hydrogen) atoms. The van der Waals surface area contributed by atoms with Crippen LogP contribution in [0, 0.1) is 5.92 Å². The van der Waals surface area contributed by atoms with Gasteiger partial charge in [0.25, 0.3) is 0 Å². The molecule has 0 saturated carbocycles. The number of carbonyl (C=O) groups excluding carboxylic acids is 1. The molecule has 3 heteroatoms. The normalized spacial score (nSPS) is 27.3. The van der Waals surface area contributed by atoms with Crippen molar-refractivity contribution >= 4 is 5.91 Å². The molecule has 2 N–H and O–H groups in total. The van der Waals surface area contributed by atoms with Crippen molar-refractivity contribution in [3.63, 3.8) is 0 Å². The molecule has 1 amide bonds.